The molecule has 3 heterocycles. The van der Waals surface area contributed by atoms with Crippen molar-refractivity contribution in [3.63, 3.8) is 0 Å². The van der Waals surface area contributed by atoms with Gasteiger partial charge in [-0.15, -0.1) is 0 Å². The zero-order chi connectivity index (χ0) is 15.6. The molecule has 5 nitrogen and oxygen atoms in total. The Labute approximate surface area is 133 Å². The van der Waals surface area contributed by atoms with E-state index in [1.807, 2.05) is 18.2 Å². The molecule has 0 atom stereocenters. The van der Waals surface area contributed by atoms with Crippen molar-refractivity contribution in [1.29, 1.82) is 5.26 Å². The Balaban J connectivity index is 1.70. The molecule has 1 aromatic carbocycles. The molecule has 112 valence electrons. The minimum atomic E-state index is 0.322. The molecule has 2 aromatic heterocycles. The fraction of sp³-hybridized carbons (Fsp3) is 0.167. The highest BCUT2D eigenvalue weighted by atomic mass is 16.4. The third kappa shape index (κ3) is 2.44. The maximum Gasteiger partial charge on any atom is 0.235 e. The number of benzene rings is 1. The summed E-state index contributed by atoms with van der Waals surface area (Å²) in [5.74, 6) is 0.976. The second-order valence-corrected chi connectivity index (χ2v) is 5.47. The lowest BCUT2D eigenvalue weighted by Crippen LogP contribution is -2.30. The Morgan fingerprint density at radius 2 is 2.00 bits per heavy atom. The average molecular weight is 302 g/mol. The van der Waals surface area contributed by atoms with Gasteiger partial charge < -0.3 is 9.32 Å². The van der Waals surface area contributed by atoms with E-state index in [0.29, 0.717) is 17.5 Å². The summed E-state index contributed by atoms with van der Waals surface area (Å²) in [7, 11) is 0. The van der Waals surface area contributed by atoms with E-state index in [1.165, 1.54) is 11.1 Å². The molecule has 0 saturated heterocycles. The molecule has 0 spiro atoms. The number of hydrogen-bond acceptors (Lipinski definition) is 5. The number of fused-ring (bicyclic) bond motifs is 1. The quantitative estimate of drug-likeness (QED) is 0.727. The van der Waals surface area contributed by atoms with Gasteiger partial charge in [0.05, 0.1) is 5.56 Å². The highest BCUT2D eigenvalue weighted by molar-refractivity contribution is 5.59. The van der Waals surface area contributed by atoms with Gasteiger partial charge in [-0.25, -0.2) is 0 Å². The molecule has 0 aliphatic carbocycles. The van der Waals surface area contributed by atoms with E-state index >= 15 is 0 Å². The first-order valence-electron chi connectivity index (χ1n) is 7.48. The SMILES string of the molecule is N#Cc1nc(-c2cccnc2)oc1N1CCc2ccccc2C1. The van der Waals surface area contributed by atoms with Crippen LogP contribution in [0.4, 0.5) is 5.88 Å². The molecule has 0 radical (unpaired) electrons. The van der Waals surface area contributed by atoms with Crippen molar-refractivity contribution in [3.8, 4) is 17.5 Å². The molecular weight excluding hydrogens is 288 g/mol. The van der Waals surface area contributed by atoms with Crippen molar-refractivity contribution in [3.05, 3.63) is 65.6 Å². The van der Waals surface area contributed by atoms with Crippen molar-refractivity contribution in [2.45, 2.75) is 13.0 Å². The normalized spacial score (nSPS) is 13.4. The summed E-state index contributed by atoms with van der Waals surface area (Å²) in [6.07, 6.45) is 4.31. The molecule has 3 aromatic rings. The van der Waals surface area contributed by atoms with E-state index in [0.717, 1.165) is 25.1 Å². The van der Waals surface area contributed by atoms with Gasteiger partial charge in [-0.3, -0.25) is 4.98 Å². The summed E-state index contributed by atoms with van der Waals surface area (Å²) in [5, 5.41) is 9.39. The lowest BCUT2D eigenvalue weighted by atomic mass is 10.00. The molecule has 0 amide bonds. The van der Waals surface area contributed by atoms with Crippen molar-refractivity contribution >= 4 is 5.88 Å². The Morgan fingerprint density at radius 3 is 2.78 bits per heavy atom. The third-order valence-electron chi connectivity index (χ3n) is 4.04. The van der Waals surface area contributed by atoms with Gasteiger partial charge >= 0.3 is 0 Å². The van der Waals surface area contributed by atoms with Gasteiger partial charge in [0.25, 0.3) is 0 Å². The number of rotatable bonds is 2. The molecule has 1 aliphatic heterocycles. The van der Waals surface area contributed by atoms with Gasteiger partial charge in [-0.1, -0.05) is 24.3 Å². The largest absolute Gasteiger partial charge is 0.419 e. The average Bonchev–Trinajstić information content (AvgIpc) is 3.06. The Hall–Kier alpha value is -3.13. The van der Waals surface area contributed by atoms with Gasteiger partial charge in [0, 0.05) is 25.5 Å². The van der Waals surface area contributed by atoms with Crippen LogP contribution in [0.3, 0.4) is 0 Å². The molecule has 0 saturated carbocycles. The van der Waals surface area contributed by atoms with Crippen molar-refractivity contribution < 1.29 is 4.42 Å². The maximum atomic E-state index is 9.39. The van der Waals surface area contributed by atoms with Gasteiger partial charge in [0.2, 0.25) is 17.5 Å². The topological polar surface area (TPSA) is 66.0 Å². The summed E-state index contributed by atoms with van der Waals surface area (Å²) >= 11 is 0. The van der Waals surface area contributed by atoms with Crippen molar-refractivity contribution in [2.75, 3.05) is 11.4 Å². The maximum absolute atomic E-state index is 9.39. The highest BCUT2D eigenvalue weighted by Gasteiger charge is 2.24. The second kappa shape index (κ2) is 5.58. The summed E-state index contributed by atoms with van der Waals surface area (Å²) in [6.45, 7) is 1.54. The summed E-state index contributed by atoms with van der Waals surface area (Å²) in [6, 6.07) is 14.2. The van der Waals surface area contributed by atoms with Gasteiger partial charge in [0.15, 0.2) is 0 Å². The molecule has 0 fully saturated rings. The van der Waals surface area contributed by atoms with E-state index in [-0.39, 0.29) is 0 Å². The number of nitrogens with zero attached hydrogens (tertiary/aromatic N) is 4. The molecule has 5 heteroatoms. The van der Waals surface area contributed by atoms with Crippen LogP contribution in [-0.4, -0.2) is 16.5 Å². The van der Waals surface area contributed by atoms with Crippen LogP contribution < -0.4 is 4.90 Å². The van der Waals surface area contributed by atoms with Crippen LogP contribution in [-0.2, 0) is 13.0 Å². The zero-order valence-corrected chi connectivity index (χ0v) is 12.4. The van der Waals surface area contributed by atoms with Crippen LogP contribution in [0, 0.1) is 11.3 Å². The summed E-state index contributed by atoms with van der Waals surface area (Å²) < 4.78 is 5.90. The molecule has 1 aliphatic rings. The second-order valence-electron chi connectivity index (χ2n) is 5.47. The Kier molecular flexibility index (Phi) is 3.28. The van der Waals surface area contributed by atoms with Gasteiger partial charge in [-0.2, -0.15) is 10.2 Å². The lowest BCUT2D eigenvalue weighted by molar-refractivity contribution is 0.540. The number of oxazole rings is 1. The molecular formula is C18H14N4O. The van der Waals surface area contributed by atoms with Crippen LogP contribution in [0.25, 0.3) is 11.5 Å². The monoisotopic (exact) mass is 302 g/mol. The number of pyridine rings is 1. The zero-order valence-electron chi connectivity index (χ0n) is 12.4. The van der Waals surface area contributed by atoms with Crippen LogP contribution in [0.1, 0.15) is 16.8 Å². The molecule has 0 unspecified atom stereocenters. The minimum absolute atomic E-state index is 0.322. The van der Waals surface area contributed by atoms with Crippen LogP contribution in [0.2, 0.25) is 0 Å². The van der Waals surface area contributed by atoms with Gasteiger partial charge in [0.1, 0.15) is 6.07 Å². The summed E-state index contributed by atoms with van der Waals surface area (Å²) in [4.78, 5) is 10.5. The minimum Gasteiger partial charge on any atom is -0.419 e. The Morgan fingerprint density at radius 1 is 1.13 bits per heavy atom. The van der Waals surface area contributed by atoms with Crippen molar-refractivity contribution in [2.24, 2.45) is 0 Å². The van der Waals surface area contributed by atoms with E-state index in [2.05, 4.69) is 39.1 Å². The van der Waals surface area contributed by atoms with Gasteiger partial charge in [-0.05, 0) is 29.7 Å². The lowest BCUT2D eigenvalue weighted by Gasteiger charge is -2.28. The van der Waals surface area contributed by atoms with Crippen LogP contribution in [0.15, 0.2) is 53.2 Å². The van der Waals surface area contributed by atoms with E-state index < -0.39 is 0 Å². The smallest absolute Gasteiger partial charge is 0.235 e. The number of hydrogen-bond donors (Lipinski definition) is 0. The Bertz CT molecular complexity index is 880. The predicted molar refractivity (Wildman–Crippen MR) is 85.6 cm³/mol. The van der Waals surface area contributed by atoms with Crippen LogP contribution in [0.5, 0.6) is 0 Å². The first-order chi connectivity index (χ1) is 11.3. The fourth-order valence-electron chi connectivity index (χ4n) is 2.88. The molecule has 4 rings (SSSR count). The molecule has 0 bridgehead atoms. The first-order valence-corrected chi connectivity index (χ1v) is 7.48. The fourth-order valence-corrected chi connectivity index (χ4v) is 2.88. The third-order valence-corrected chi connectivity index (χ3v) is 4.04. The predicted octanol–water partition coefficient (Wildman–Crippen LogP) is 3.17. The van der Waals surface area contributed by atoms with E-state index in [4.69, 9.17) is 4.42 Å². The van der Waals surface area contributed by atoms with Crippen LogP contribution >= 0.6 is 0 Å². The number of anilines is 1. The number of aromatic nitrogens is 2. The summed E-state index contributed by atoms with van der Waals surface area (Å²) in [5.41, 5.74) is 3.71. The standard InChI is InChI=1S/C18H14N4O/c19-10-16-18(23-17(21-16)14-6-3-8-20-11-14)22-9-7-13-4-1-2-5-15(13)12-22/h1-6,8,11H,7,9,12H2. The first kappa shape index (κ1) is 13.5. The highest BCUT2D eigenvalue weighted by Crippen LogP contribution is 2.31. The molecule has 0 N–H and O–H groups in total. The molecule has 23 heavy (non-hydrogen) atoms. The number of nitriles is 1. The van der Waals surface area contributed by atoms with E-state index in [1.54, 1.807) is 12.4 Å². The van der Waals surface area contributed by atoms with Crippen molar-refractivity contribution in [1.82, 2.24) is 9.97 Å². The van der Waals surface area contributed by atoms with E-state index in [9.17, 15) is 5.26 Å².